The van der Waals surface area contributed by atoms with Gasteiger partial charge in [0, 0.05) is 0 Å². The molecule has 0 unspecified atom stereocenters. The van der Waals surface area contributed by atoms with Gasteiger partial charge in [0.2, 0.25) is 16.6 Å². The summed E-state index contributed by atoms with van der Waals surface area (Å²) >= 11 is 0. The molecule has 190 valence electrons. The molecule has 1 aliphatic carbocycles. The summed E-state index contributed by atoms with van der Waals surface area (Å²) in [5, 5.41) is 2.64. The molecule has 0 fully saturated rings. The molecule has 0 radical (unpaired) electrons. The van der Waals surface area contributed by atoms with Crippen LogP contribution in [-0.2, 0) is 14.3 Å². The van der Waals surface area contributed by atoms with Crippen molar-refractivity contribution in [3.63, 3.8) is 0 Å². The van der Waals surface area contributed by atoms with E-state index in [2.05, 4.69) is 137 Å². The summed E-state index contributed by atoms with van der Waals surface area (Å²) in [7, 11) is -4.30. The van der Waals surface area contributed by atoms with Crippen molar-refractivity contribution < 1.29 is 8.85 Å². The summed E-state index contributed by atoms with van der Waals surface area (Å²) in [5.41, 5.74) is 7.44. The lowest BCUT2D eigenvalue weighted by molar-refractivity contribution is 0.167. The number of hydrogen-bond acceptors (Lipinski definition) is 2. The standard InChI is InChI=1S/C33H38O2Si2/c1-25-15-19-27(20-16-25)36(3,4)34-23-33(24-35-37(5,6)28-21-17-26(2)18-22-28)31-13-9-7-11-29(31)30-12-8-10-14-32(30)33/h7-22H,23-24H2,1-6H3. The normalized spacial score (nSPS) is 14.3. The zero-order valence-electron chi connectivity index (χ0n) is 23.0. The van der Waals surface area contributed by atoms with Crippen LogP contribution < -0.4 is 10.4 Å². The van der Waals surface area contributed by atoms with Crippen LogP contribution in [0.1, 0.15) is 22.3 Å². The van der Waals surface area contributed by atoms with Gasteiger partial charge in [-0.1, -0.05) is 108 Å². The van der Waals surface area contributed by atoms with Gasteiger partial charge in [-0.2, -0.15) is 0 Å². The van der Waals surface area contributed by atoms with Crippen LogP contribution in [0.15, 0.2) is 97.1 Å². The second-order valence-corrected chi connectivity index (χ2v) is 19.3. The number of benzene rings is 4. The van der Waals surface area contributed by atoms with Crippen LogP contribution >= 0.6 is 0 Å². The SMILES string of the molecule is Cc1ccc([Si](C)(C)OCC2(CO[Si](C)(C)c3ccc(C)cc3)c3ccccc3-c3ccccc32)cc1. The molecule has 0 saturated carbocycles. The van der Waals surface area contributed by atoms with E-state index in [0.717, 1.165) is 0 Å². The Morgan fingerprint density at radius 3 is 1.24 bits per heavy atom. The number of fused-ring (bicyclic) bond motifs is 3. The van der Waals surface area contributed by atoms with Gasteiger partial charge in [-0.25, -0.2) is 0 Å². The van der Waals surface area contributed by atoms with Crippen molar-refractivity contribution in [1.29, 1.82) is 0 Å². The molecule has 5 rings (SSSR count). The van der Waals surface area contributed by atoms with Crippen LogP contribution in [-0.4, -0.2) is 29.8 Å². The molecule has 0 amide bonds. The lowest BCUT2D eigenvalue weighted by atomic mass is 9.80. The van der Waals surface area contributed by atoms with Crippen LogP contribution in [0.2, 0.25) is 26.2 Å². The van der Waals surface area contributed by atoms with Crippen molar-refractivity contribution >= 4 is 27.0 Å². The molecule has 0 spiro atoms. The first-order chi connectivity index (χ1) is 17.6. The third-order valence-corrected chi connectivity index (χ3v) is 13.2. The molecule has 0 heterocycles. The Hall–Kier alpha value is -2.77. The molecule has 2 nitrogen and oxygen atoms in total. The highest BCUT2D eigenvalue weighted by Crippen LogP contribution is 2.49. The Balaban J connectivity index is 1.54. The van der Waals surface area contributed by atoms with Gasteiger partial charge in [-0.15, -0.1) is 0 Å². The Morgan fingerprint density at radius 2 is 0.865 bits per heavy atom. The molecule has 4 aromatic carbocycles. The van der Waals surface area contributed by atoms with E-state index in [0.29, 0.717) is 13.2 Å². The summed E-state index contributed by atoms with van der Waals surface area (Å²) in [5.74, 6) is 0. The van der Waals surface area contributed by atoms with E-state index in [1.54, 1.807) is 0 Å². The monoisotopic (exact) mass is 522 g/mol. The van der Waals surface area contributed by atoms with Gasteiger partial charge in [0.25, 0.3) is 0 Å². The molecular weight excluding hydrogens is 485 g/mol. The Labute approximate surface area is 224 Å². The quantitative estimate of drug-likeness (QED) is 0.236. The van der Waals surface area contributed by atoms with E-state index in [-0.39, 0.29) is 5.41 Å². The van der Waals surface area contributed by atoms with E-state index < -0.39 is 16.6 Å². The molecule has 37 heavy (non-hydrogen) atoms. The number of rotatable bonds is 8. The smallest absolute Gasteiger partial charge is 0.218 e. The summed E-state index contributed by atoms with van der Waals surface area (Å²) in [6, 6.07) is 35.4. The van der Waals surface area contributed by atoms with E-state index >= 15 is 0 Å². The van der Waals surface area contributed by atoms with E-state index in [1.807, 2.05) is 0 Å². The highest BCUT2D eigenvalue weighted by molar-refractivity contribution is 6.84. The second-order valence-electron chi connectivity index (χ2n) is 11.5. The molecular formula is C33H38O2Si2. The average Bonchev–Trinajstić information content (AvgIpc) is 3.17. The summed E-state index contributed by atoms with van der Waals surface area (Å²) in [6.45, 7) is 14.7. The molecule has 0 N–H and O–H groups in total. The molecule has 0 bridgehead atoms. The van der Waals surface area contributed by atoms with Crippen molar-refractivity contribution in [2.45, 2.75) is 45.5 Å². The topological polar surface area (TPSA) is 18.5 Å². The van der Waals surface area contributed by atoms with Crippen LogP contribution in [0, 0.1) is 13.8 Å². The van der Waals surface area contributed by atoms with Crippen molar-refractivity contribution in [3.8, 4) is 11.1 Å². The summed E-state index contributed by atoms with van der Waals surface area (Å²) in [4.78, 5) is 0. The Bertz CT molecular complexity index is 1280. The molecule has 1 aliphatic rings. The third-order valence-electron chi connectivity index (χ3n) is 8.03. The summed E-state index contributed by atoms with van der Waals surface area (Å²) in [6.07, 6.45) is 0. The fourth-order valence-corrected chi connectivity index (χ4v) is 8.94. The Morgan fingerprint density at radius 1 is 0.514 bits per heavy atom. The van der Waals surface area contributed by atoms with Gasteiger partial charge < -0.3 is 8.85 Å². The van der Waals surface area contributed by atoms with E-state index in [9.17, 15) is 0 Å². The summed E-state index contributed by atoms with van der Waals surface area (Å²) < 4.78 is 14.0. The van der Waals surface area contributed by atoms with Gasteiger partial charge in [-0.3, -0.25) is 0 Å². The van der Waals surface area contributed by atoms with E-state index in [4.69, 9.17) is 8.85 Å². The van der Waals surface area contributed by atoms with E-state index in [1.165, 1.54) is 43.8 Å². The highest BCUT2D eigenvalue weighted by atomic mass is 28.4. The first-order valence-electron chi connectivity index (χ1n) is 13.2. The van der Waals surface area contributed by atoms with Gasteiger partial charge >= 0.3 is 0 Å². The largest absolute Gasteiger partial charge is 0.412 e. The molecule has 0 aromatic heterocycles. The van der Waals surface area contributed by atoms with Crippen molar-refractivity contribution in [2.24, 2.45) is 0 Å². The maximum atomic E-state index is 7.02. The molecule has 0 saturated heterocycles. The van der Waals surface area contributed by atoms with Crippen LogP contribution in [0.4, 0.5) is 0 Å². The van der Waals surface area contributed by atoms with Crippen molar-refractivity contribution in [3.05, 3.63) is 119 Å². The number of aryl methyl sites for hydroxylation is 2. The predicted octanol–water partition coefficient (Wildman–Crippen LogP) is 6.83. The van der Waals surface area contributed by atoms with Gasteiger partial charge in [0.15, 0.2) is 0 Å². The lowest BCUT2D eigenvalue weighted by Gasteiger charge is -2.38. The van der Waals surface area contributed by atoms with Crippen LogP contribution in [0.5, 0.6) is 0 Å². The first kappa shape index (κ1) is 25.9. The minimum atomic E-state index is -2.15. The van der Waals surface area contributed by atoms with Gasteiger partial charge in [0.05, 0.1) is 18.6 Å². The average molecular weight is 523 g/mol. The molecule has 0 atom stereocenters. The minimum absolute atomic E-state index is 0.350. The second kappa shape index (κ2) is 9.84. The van der Waals surface area contributed by atoms with Crippen LogP contribution in [0.3, 0.4) is 0 Å². The maximum Gasteiger partial charge on any atom is 0.218 e. The molecule has 4 heteroatoms. The predicted molar refractivity (Wildman–Crippen MR) is 161 cm³/mol. The number of hydrogen-bond donors (Lipinski definition) is 0. The van der Waals surface area contributed by atoms with Crippen LogP contribution in [0.25, 0.3) is 11.1 Å². The lowest BCUT2D eigenvalue weighted by Crippen LogP contribution is -2.52. The first-order valence-corrected chi connectivity index (χ1v) is 19.1. The van der Waals surface area contributed by atoms with Gasteiger partial charge in [-0.05, 0) is 72.7 Å². The maximum absolute atomic E-state index is 7.02. The molecule has 4 aromatic rings. The zero-order chi connectivity index (χ0) is 26.3. The Kier molecular flexibility index (Phi) is 6.88. The highest BCUT2D eigenvalue weighted by Gasteiger charge is 2.46. The van der Waals surface area contributed by atoms with Gasteiger partial charge in [0.1, 0.15) is 0 Å². The van der Waals surface area contributed by atoms with Crippen molar-refractivity contribution in [2.75, 3.05) is 13.2 Å². The minimum Gasteiger partial charge on any atom is -0.412 e. The molecule has 0 aliphatic heterocycles. The third kappa shape index (κ3) is 4.91. The van der Waals surface area contributed by atoms with Crippen molar-refractivity contribution in [1.82, 2.24) is 0 Å². The fourth-order valence-electron chi connectivity index (χ4n) is 5.45. The zero-order valence-corrected chi connectivity index (χ0v) is 25.0. The fraction of sp³-hybridized carbons (Fsp3) is 0.273.